The van der Waals surface area contributed by atoms with E-state index in [4.69, 9.17) is 0 Å². The third-order valence-corrected chi connectivity index (χ3v) is 5.78. The monoisotopic (exact) mass is 443 g/mol. The van der Waals surface area contributed by atoms with Gasteiger partial charge in [-0.25, -0.2) is 8.42 Å². The molecule has 0 aromatic carbocycles. The number of carbonyl (C=O) groups is 1. The Morgan fingerprint density at radius 3 is 1.46 bits per heavy atom. The van der Waals surface area contributed by atoms with Crippen LogP contribution in [0.4, 0.5) is 0 Å². The van der Waals surface area contributed by atoms with E-state index < -0.39 is 15.9 Å². The summed E-state index contributed by atoms with van der Waals surface area (Å²) in [6.45, 7) is 2.25. The number of carbonyl (C=O) groups excluding carboxylic acids is 1. The van der Waals surface area contributed by atoms with E-state index in [9.17, 15) is 17.8 Å². The van der Waals surface area contributed by atoms with E-state index in [-0.39, 0.29) is 63.8 Å². The molecule has 1 amide bonds. The molecule has 7 heteroatoms. The van der Waals surface area contributed by atoms with E-state index in [1.54, 1.807) is 7.05 Å². The van der Waals surface area contributed by atoms with Crippen LogP contribution in [0.3, 0.4) is 0 Å². The van der Waals surface area contributed by atoms with Gasteiger partial charge in [-0.2, -0.15) is 0 Å². The summed E-state index contributed by atoms with van der Waals surface area (Å²) < 4.78 is 31.7. The zero-order chi connectivity index (χ0) is 20.4. The van der Waals surface area contributed by atoms with Crippen LogP contribution in [-0.4, -0.2) is 43.1 Å². The van der Waals surface area contributed by atoms with Crippen molar-refractivity contribution in [2.24, 2.45) is 0 Å². The van der Waals surface area contributed by atoms with E-state index in [0.29, 0.717) is 6.42 Å². The van der Waals surface area contributed by atoms with Gasteiger partial charge < -0.3 is 9.45 Å². The van der Waals surface area contributed by atoms with Crippen LogP contribution in [0.2, 0.25) is 0 Å². The number of hydrogen-bond donors (Lipinski definition) is 0. The van der Waals surface area contributed by atoms with Gasteiger partial charge in [-0.3, -0.25) is 4.79 Å². The predicted octanol–water partition coefficient (Wildman–Crippen LogP) is 2.26. The summed E-state index contributed by atoms with van der Waals surface area (Å²) in [6.07, 6.45) is 19.7. The van der Waals surface area contributed by atoms with Gasteiger partial charge in [0.25, 0.3) is 0 Å². The first kappa shape index (κ1) is 31.2. The van der Waals surface area contributed by atoms with Gasteiger partial charge in [0.05, 0.1) is 15.9 Å². The van der Waals surface area contributed by atoms with Crippen LogP contribution in [0.15, 0.2) is 0 Å². The summed E-state index contributed by atoms with van der Waals surface area (Å²) in [5.41, 5.74) is 0. The number of amides is 1. The second kappa shape index (κ2) is 21.3. The molecular weight excluding hydrogens is 401 g/mol. The first-order valence-electron chi connectivity index (χ1n) is 11.0. The topological polar surface area (TPSA) is 77.5 Å². The quantitative estimate of drug-likeness (QED) is 0.174. The Kier molecular flexibility index (Phi) is 23.7. The van der Waals surface area contributed by atoms with Gasteiger partial charge in [-0.15, -0.1) is 0 Å². The fourth-order valence-corrected chi connectivity index (χ4v) is 3.71. The first-order valence-corrected chi connectivity index (χ1v) is 12.6. The maximum absolute atomic E-state index is 11.8. The van der Waals surface area contributed by atoms with Crippen molar-refractivity contribution in [1.29, 1.82) is 0 Å². The van der Waals surface area contributed by atoms with Crippen LogP contribution in [0, 0.1) is 0 Å². The third-order valence-electron chi connectivity index (χ3n) is 5.10. The van der Waals surface area contributed by atoms with E-state index in [2.05, 4.69) is 6.92 Å². The molecule has 0 fully saturated rings. The molecular formula is C21H42KNO4S. The van der Waals surface area contributed by atoms with Gasteiger partial charge in [-0.05, 0) is 6.42 Å². The Morgan fingerprint density at radius 2 is 1.11 bits per heavy atom. The van der Waals surface area contributed by atoms with Crippen molar-refractivity contribution in [2.45, 2.75) is 110 Å². The average molecular weight is 444 g/mol. The van der Waals surface area contributed by atoms with E-state index in [1.165, 1.54) is 81.9 Å². The van der Waals surface area contributed by atoms with Crippen molar-refractivity contribution in [3.05, 3.63) is 0 Å². The van der Waals surface area contributed by atoms with Gasteiger partial charge in [-0.1, -0.05) is 96.8 Å². The summed E-state index contributed by atoms with van der Waals surface area (Å²) in [7, 11) is -2.69. The number of hydrogen-bond acceptors (Lipinski definition) is 4. The number of nitrogens with zero attached hydrogens (tertiary/aromatic N) is 1. The fraction of sp³-hybridized carbons (Fsp3) is 0.952. The third kappa shape index (κ3) is 23.3. The van der Waals surface area contributed by atoms with Crippen molar-refractivity contribution in [2.75, 3.05) is 19.3 Å². The van der Waals surface area contributed by atoms with Crippen molar-refractivity contribution in [3.63, 3.8) is 0 Å². The van der Waals surface area contributed by atoms with Gasteiger partial charge in [0.2, 0.25) is 5.91 Å². The second-order valence-corrected chi connectivity index (χ2v) is 9.30. The summed E-state index contributed by atoms with van der Waals surface area (Å²) in [5, 5.41) is 0. The molecule has 0 aromatic rings. The Labute approximate surface area is 217 Å². The van der Waals surface area contributed by atoms with Crippen LogP contribution >= 0.6 is 0 Å². The van der Waals surface area contributed by atoms with Crippen LogP contribution in [-0.2, 0) is 14.9 Å². The molecule has 5 nitrogen and oxygen atoms in total. The smallest absolute Gasteiger partial charge is 0.748 e. The Hall–Kier alpha value is 1.02. The number of rotatable bonds is 19. The molecule has 0 bridgehead atoms. The summed E-state index contributed by atoms with van der Waals surface area (Å²) in [6, 6.07) is 0. The normalized spacial score (nSPS) is 11.2. The molecule has 162 valence electrons. The minimum absolute atomic E-state index is 0. The van der Waals surface area contributed by atoms with E-state index in [0.717, 1.165) is 19.3 Å². The molecule has 28 heavy (non-hydrogen) atoms. The molecule has 0 saturated carbocycles. The SMILES string of the molecule is CCCCCCCCCCCCCCCCCC(=O)N(C)CCS(=O)(=O)[O-].[K+]. The molecule has 0 radical (unpaired) electrons. The molecule has 0 aliphatic rings. The van der Waals surface area contributed by atoms with Crippen LogP contribution in [0.1, 0.15) is 110 Å². The molecule has 0 aliphatic carbocycles. The molecule has 0 saturated heterocycles. The van der Waals surface area contributed by atoms with Crippen molar-refractivity contribution in [3.8, 4) is 0 Å². The van der Waals surface area contributed by atoms with Gasteiger partial charge >= 0.3 is 51.4 Å². The van der Waals surface area contributed by atoms with Crippen LogP contribution in [0.25, 0.3) is 0 Å². The Morgan fingerprint density at radius 1 is 0.750 bits per heavy atom. The molecule has 0 heterocycles. The summed E-state index contributed by atoms with van der Waals surface area (Å²) >= 11 is 0. The molecule has 0 aromatic heterocycles. The zero-order valence-electron chi connectivity index (χ0n) is 18.7. The van der Waals surface area contributed by atoms with Crippen LogP contribution in [0.5, 0.6) is 0 Å². The summed E-state index contributed by atoms with van der Waals surface area (Å²) in [4.78, 5) is 13.2. The maximum Gasteiger partial charge on any atom is 1.00 e. The molecule has 0 atom stereocenters. The van der Waals surface area contributed by atoms with Crippen molar-refractivity contribution >= 4 is 16.0 Å². The Balaban J connectivity index is 0. The van der Waals surface area contributed by atoms with E-state index in [1.807, 2.05) is 0 Å². The molecule has 0 rings (SSSR count). The molecule has 0 spiro atoms. The van der Waals surface area contributed by atoms with Crippen molar-refractivity contribution in [1.82, 2.24) is 4.90 Å². The molecule has 0 unspecified atom stereocenters. The second-order valence-electron chi connectivity index (χ2n) is 7.78. The average Bonchev–Trinajstić information content (AvgIpc) is 2.62. The minimum Gasteiger partial charge on any atom is -0.748 e. The maximum atomic E-state index is 11.8. The predicted molar refractivity (Wildman–Crippen MR) is 112 cm³/mol. The first-order chi connectivity index (χ1) is 12.9. The minimum atomic E-state index is -4.25. The Bertz CT molecular complexity index is 457. The van der Waals surface area contributed by atoms with Crippen molar-refractivity contribution < 1.29 is 69.1 Å². The zero-order valence-corrected chi connectivity index (χ0v) is 22.7. The van der Waals surface area contributed by atoms with Gasteiger partial charge in [0, 0.05) is 20.0 Å². The summed E-state index contributed by atoms with van der Waals surface area (Å²) in [5.74, 6) is -0.581. The molecule has 0 N–H and O–H groups in total. The standard InChI is InChI=1S/C21H43NO4S.K/c1-3-4-5-6-7-8-9-10-11-12-13-14-15-16-17-18-21(23)22(2)19-20-27(24,25)26;/h3-20H2,1-2H3,(H,24,25,26);/q;+1/p-1. The van der Waals surface area contributed by atoms with Gasteiger partial charge in [0.15, 0.2) is 0 Å². The number of unbranched alkanes of at least 4 members (excludes halogenated alkanes) is 14. The largest absolute Gasteiger partial charge is 1.00 e. The molecule has 0 aliphatic heterocycles. The van der Waals surface area contributed by atoms with E-state index >= 15 is 0 Å². The fourth-order valence-electron chi connectivity index (χ4n) is 3.21. The van der Waals surface area contributed by atoms with Crippen LogP contribution < -0.4 is 51.4 Å². The van der Waals surface area contributed by atoms with Gasteiger partial charge in [0.1, 0.15) is 0 Å².